The second kappa shape index (κ2) is 8.62. The van der Waals surface area contributed by atoms with Gasteiger partial charge >= 0.3 is 0 Å². The van der Waals surface area contributed by atoms with Crippen molar-refractivity contribution in [3.8, 4) is 0 Å². The van der Waals surface area contributed by atoms with Crippen molar-refractivity contribution in [2.75, 3.05) is 11.1 Å². The van der Waals surface area contributed by atoms with E-state index in [0.717, 1.165) is 39.6 Å². The van der Waals surface area contributed by atoms with E-state index in [1.54, 1.807) is 15.9 Å². The average molecular weight is 492 g/mol. The first kappa shape index (κ1) is 20.6. The number of thioether (sulfide) groups is 1. The van der Waals surface area contributed by atoms with Gasteiger partial charge in [-0.3, -0.25) is 14.2 Å². The van der Waals surface area contributed by atoms with E-state index in [1.807, 2.05) is 31.2 Å². The molecule has 0 saturated carbocycles. The Morgan fingerprint density at radius 2 is 2.21 bits per heavy atom. The van der Waals surface area contributed by atoms with E-state index in [0.29, 0.717) is 17.6 Å². The number of carbonyl (C=O) groups is 1. The van der Waals surface area contributed by atoms with E-state index in [-0.39, 0.29) is 17.2 Å². The van der Waals surface area contributed by atoms with Crippen LogP contribution in [0.15, 0.2) is 38.7 Å². The maximum atomic E-state index is 13.2. The fourth-order valence-electron chi connectivity index (χ4n) is 3.67. The number of aromatic nitrogens is 2. The van der Waals surface area contributed by atoms with Gasteiger partial charge in [0.15, 0.2) is 5.16 Å². The Morgan fingerprint density at radius 3 is 2.97 bits per heavy atom. The van der Waals surface area contributed by atoms with Crippen LogP contribution in [0.1, 0.15) is 30.7 Å². The summed E-state index contributed by atoms with van der Waals surface area (Å²) in [5.41, 5.74) is 1.96. The van der Waals surface area contributed by atoms with E-state index < -0.39 is 0 Å². The van der Waals surface area contributed by atoms with Crippen molar-refractivity contribution in [1.29, 1.82) is 0 Å². The van der Waals surface area contributed by atoms with E-state index >= 15 is 0 Å². The summed E-state index contributed by atoms with van der Waals surface area (Å²) in [5, 5.41) is 4.30. The Labute approximate surface area is 186 Å². The van der Waals surface area contributed by atoms with Crippen molar-refractivity contribution in [2.45, 2.75) is 44.8 Å². The molecular formula is C21H22BrN3O2S2. The number of carbonyl (C=O) groups excluding carboxylic acids is 1. The number of thiophene rings is 1. The average Bonchev–Trinajstić information content (AvgIpc) is 3.05. The van der Waals surface area contributed by atoms with Gasteiger partial charge in [0.2, 0.25) is 5.91 Å². The summed E-state index contributed by atoms with van der Waals surface area (Å²) < 4.78 is 2.53. The summed E-state index contributed by atoms with van der Waals surface area (Å²) in [6.07, 6.45) is 3.10. The van der Waals surface area contributed by atoms with Gasteiger partial charge in [-0.2, -0.15) is 0 Å². The largest absolute Gasteiger partial charge is 0.324 e. The molecule has 1 aliphatic rings. The summed E-state index contributed by atoms with van der Waals surface area (Å²) in [7, 11) is 0. The number of hydrogen-bond donors (Lipinski definition) is 1. The molecule has 0 fully saturated rings. The SMILES string of the molecule is CCn1c(SCC(=O)Nc2ccccc2Br)nc2sc3c(c2c1=O)CCC(C)C3. The molecule has 1 unspecified atom stereocenters. The minimum Gasteiger partial charge on any atom is -0.324 e. The highest BCUT2D eigenvalue weighted by Gasteiger charge is 2.24. The number of halogens is 1. The van der Waals surface area contributed by atoms with Crippen LogP contribution >= 0.6 is 39.0 Å². The Bertz CT molecular complexity index is 1140. The Morgan fingerprint density at radius 1 is 1.41 bits per heavy atom. The number of para-hydroxylation sites is 1. The lowest BCUT2D eigenvalue weighted by atomic mass is 9.89. The van der Waals surface area contributed by atoms with Crippen molar-refractivity contribution < 1.29 is 4.79 Å². The van der Waals surface area contributed by atoms with Crippen LogP contribution in [0.5, 0.6) is 0 Å². The first-order valence-corrected chi connectivity index (χ1v) is 12.3. The minimum absolute atomic E-state index is 0.0262. The Hall–Kier alpha value is -1.64. The van der Waals surface area contributed by atoms with Crippen LogP contribution in [0.2, 0.25) is 0 Å². The number of amides is 1. The van der Waals surface area contributed by atoms with Gasteiger partial charge in [-0.1, -0.05) is 30.8 Å². The molecule has 1 N–H and O–H groups in total. The predicted molar refractivity (Wildman–Crippen MR) is 124 cm³/mol. The molecule has 0 saturated heterocycles. The number of nitrogens with zero attached hydrogens (tertiary/aromatic N) is 2. The van der Waals surface area contributed by atoms with Gasteiger partial charge in [-0.05, 0) is 65.7 Å². The molecule has 1 aliphatic carbocycles. The quantitative estimate of drug-likeness (QED) is 0.398. The first-order chi connectivity index (χ1) is 14.0. The van der Waals surface area contributed by atoms with Crippen LogP contribution in [0.4, 0.5) is 5.69 Å². The lowest BCUT2D eigenvalue weighted by Gasteiger charge is -2.17. The van der Waals surface area contributed by atoms with Crippen molar-refractivity contribution in [2.24, 2.45) is 5.92 Å². The number of benzene rings is 1. The molecule has 0 bridgehead atoms. The van der Waals surface area contributed by atoms with Gasteiger partial charge < -0.3 is 5.32 Å². The standard InChI is InChI=1S/C21H22BrN3O2S2/c1-3-25-20(27)18-13-9-8-12(2)10-16(13)29-19(18)24-21(25)28-11-17(26)23-15-7-5-4-6-14(15)22/h4-7,12H,3,8-11H2,1-2H3,(H,23,26). The van der Waals surface area contributed by atoms with Crippen LogP contribution in [0, 0.1) is 5.92 Å². The third-order valence-electron chi connectivity index (χ3n) is 5.18. The fraction of sp³-hybridized carbons (Fsp3) is 0.381. The van der Waals surface area contributed by atoms with Crippen molar-refractivity contribution in [3.05, 3.63) is 49.5 Å². The lowest BCUT2D eigenvalue weighted by Crippen LogP contribution is -2.24. The molecule has 8 heteroatoms. The number of aryl methyl sites for hydroxylation is 1. The number of nitrogens with one attached hydrogen (secondary N) is 1. The molecule has 2 aromatic heterocycles. The molecule has 0 aliphatic heterocycles. The third-order valence-corrected chi connectivity index (χ3v) is 7.99. The maximum Gasteiger partial charge on any atom is 0.263 e. The second-order valence-electron chi connectivity index (χ2n) is 7.29. The minimum atomic E-state index is -0.127. The van der Waals surface area contributed by atoms with Gasteiger partial charge in [0.05, 0.1) is 16.8 Å². The van der Waals surface area contributed by atoms with Gasteiger partial charge in [0.25, 0.3) is 5.56 Å². The zero-order valence-corrected chi connectivity index (χ0v) is 19.5. The number of hydrogen-bond acceptors (Lipinski definition) is 5. The number of fused-ring (bicyclic) bond motifs is 3. The van der Waals surface area contributed by atoms with Gasteiger partial charge in [-0.25, -0.2) is 4.98 Å². The Balaban J connectivity index is 1.59. The summed E-state index contributed by atoms with van der Waals surface area (Å²) in [4.78, 5) is 32.5. The second-order valence-corrected chi connectivity index (χ2v) is 10.2. The highest BCUT2D eigenvalue weighted by Crippen LogP contribution is 2.36. The molecule has 0 radical (unpaired) electrons. The normalized spacial score (nSPS) is 16.0. The lowest BCUT2D eigenvalue weighted by molar-refractivity contribution is -0.113. The molecule has 29 heavy (non-hydrogen) atoms. The summed E-state index contributed by atoms with van der Waals surface area (Å²) >= 11 is 6.39. The molecule has 5 nitrogen and oxygen atoms in total. The molecule has 4 rings (SSSR count). The monoisotopic (exact) mass is 491 g/mol. The van der Waals surface area contributed by atoms with Crippen LogP contribution in [-0.4, -0.2) is 21.2 Å². The fourth-order valence-corrected chi connectivity index (χ4v) is 6.34. The topological polar surface area (TPSA) is 64.0 Å². The molecule has 0 spiro atoms. The van der Waals surface area contributed by atoms with Crippen molar-refractivity contribution in [1.82, 2.24) is 9.55 Å². The maximum absolute atomic E-state index is 13.2. The molecule has 3 aromatic rings. The van der Waals surface area contributed by atoms with E-state index in [9.17, 15) is 9.59 Å². The molecule has 1 atom stereocenters. The predicted octanol–water partition coefficient (Wildman–Crippen LogP) is 5.10. The van der Waals surface area contributed by atoms with Crippen LogP contribution in [-0.2, 0) is 24.2 Å². The third kappa shape index (κ3) is 4.15. The summed E-state index contributed by atoms with van der Waals surface area (Å²) in [5.74, 6) is 0.721. The highest BCUT2D eigenvalue weighted by atomic mass is 79.9. The summed E-state index contributed by atoms with van der Waals surface area (Å²) in [6.45, 7) is 4.74. The van der Waals surface area contributed by atoms with Gasteiger partial charge in [-0.15, -0.1) is 11.3 Å². The van der Waals surface area contributed by atoms with Crippen LogP contribution in [0.25, 0.3) is 10.2 Å². The number of anilines is 1. The highest BCUT2D eigenvalue weighted by molar-refractivity contribution is 9.10. The van der Waals surface area contributed by atoms with E-state index in [2.05, 4.69) is 28.2 Å². The smallest absolute Gasteiger partial charge is 0.263 e. The van der Waals surface area contributed by atoms with Crippen molar-refractivity contribution >= 4 is 60.8 Å². The van der Waals surface area contributed by atoms with Crippen LogP contribution in [0.3, 0.4) is 0 Å². The van der Waals surface area contributed by atoms with Gasteiger partial charge in [0.1, 0.15) is 4.83 Å². The molecule has 1 amide bonds. The first-order valence-electron chi connectivity index (χ1n) is 9.70. The zero-order valence-electron chi connectivity index (χ0n) is 16.3. The van der Waals surface area contributed by atoms with E-state index in [1.165, 1.54) is 22.2 Å². The molecular weight excluding hydrogens is 470 g/mol. The van der Waals surface area contributed by atoms with Crippen molar-refractivity contribution in [3.63, 3.8) is 0 Å². The summed E-state index contributed by atoms with van der Waals surface area (Å²) in [6, 6.07) is 7.49. The molecule has 1 aromatic carbocycles. The Kier molecular flexibility index (Phi) is 6.13. The molecule has 2 heterocycles. The van der Waals surface area contributed by atoms with Crippen LogP contribution < -0.4 is 10.9 Å². The number of rotatable bonds is 5. The zero-order chi connectivity index (χ0) is 20.5. The van der Waals surface area contributed by atoms with Gasteiger partial charge in [0, 0.05) is 15.9 Å². The van der Waals surface area contributed by atoms with E-state index in [4.69, 9.17) is 4.98 Å². The molecule has 152 valence electrons.